The third-order valence-electron chi connectivity index (χ3n) is 3.63. The summed E-state index contributed by atoms with van der Waals surface area (Å²) < 4.78 is 0.842. The number of nitrogens with two attached hydrogens (primary N) is 1. The van der Waals surface area contributed by atoms with E-state index in [0.29, 0.717) is 10.7 Å². The van der Waals surface area contributed by atoms with E-state index in [0.717, 1.165) is 26.9 Å². The topological polar surface area (TPSA) is 80.9 Å². The first-order chi connectivity index (χ1) is 12.0. The Bertz CT molecular complexity index is 890. The molecule has 0 spiro atoms. The number of rotatable bonds is 5. The van der Waals surface area contributed by atoms with Crippen LogP contribution in [0.5, 0.6) is 0 Å². The largest absolute Gasteiger partial charge is 0.374 e. The third-order valence-corrected chi connectivity index (χ3v) is 5.59. The number of nitrogens with zero attached hydrogens (tertiary/aromatic N) is 2. The van der Waals surface area contributed by atoms with Crippen molar-refractivity contribution < 1.29 is 4.79 Å². The number of benzene rings is 2. The van der Waals surface area contributed by atoms with E-state index >= 15 is 0 Å². The van der Waals surface area contributed by atoms with E-state index in [1.165, 1.54) is 16.9 Å². The molecule has 0 aliphatic heterocycles. The molecule has 0 aliphatic carbocycles. The van der Waals surface area contributed by atoms with Crippen LogP contribution in [0, 0.1) is 13.8 Å². The first-order valence-electron chi connectivity index (χ1n) is 7.70. The van der Waals surface area contributed by atoms with E-state index in [9.17, 15) is 4.79 Å². The van der Waals surface area contributed by atoms with Crippen LogP contribution in [0.3, 0.4) is 0 Å². The first-order valence-corrected chi connectivity index (χ1v) is 9.51. The molecule has 0 saturated heterocycles. The van der Waals surface area contributed by atoms with Gasteiger partial charge in [-0.05, 0) is 43.2 Å². The van der Waals surface area contributed by atoms with E-state index in [4.69, 9.17) is 5.73 Å². The fourth-order valence-corrected chi connectivity index (χ4v) is 3.92. The molecule has 2 aromatic carbocycles. The molecule has 0 saturated carbocycles. The van der Waals surface area contributed by atoms with Crippen molar-refractivity contribution in [3.63, 3.8) is 0 Å². The number of nitrogens with one attached hydrogen (secondary N) is 1. The highest BCUT2D eigenvalue weighted by Gasteiger charge is 2.08. The number of carbonyl (C=O) groups is 1. The minimum atomic E-state index is -0.108. The zero-order valence-corrected chi connectivity index (χ0v) is 15.6. The van der Waals surface area contributed by atoms with Crippen molar-refractivity contribution in [2.75, 3.05) is 11.1 Å². The molecule has 128 valence electrons. The van der Waals surface area contributed by atoms with Gasteiger partial charge in [-0.1, -0.05) is 52.9 Å². The lowest BCUT2D eigenvalue weighted by Crippen LogP contribution is -2.12. The van der Waals surface area contributed by atoms with Gasteiger partial charge in [0.25, 0.3) is 5.91 Å². The summed E-state index contributed by atoms with van der Waals surface area (Å²) in [6, 6.07) is 13.6. The molecule has 0 bridgehead atoms. The molecule has 7 heteroatoms. The van der Waals surface area contributed by atoms with E-state index < -0.39 is 0 Å². The minimum absolute atomic E-state index is 0.108. The number of amides is 1. The maximum Gasteiger partial charge on any atom is 0.255 e. The van der Waals surface area contributed by atoms with Gasteiger partial charge in [0.2, 0.25) is 5.13 Å². The number of nitrogen functional groups attached to an aromatic ring is 1. The van der Waals surface area contributed by atoms with Crippen molar-refractivity contribution in [3.8, 4) is 0 Å². The van der Waals surface area contributed by atoms with Gasteiger partial charge in [0.1, 0.15) is 0 Å². The van der Waals surface area contributed by atoms with Crippen molar-refractivity contribution in [1.29, 1.82) is 0 Å². The number of carbonyl (C=O) groups excluding carboxylic acids is 1. The maximum absolute atomic E-state index is 12.4. The van der Waals surface area contributed by atoms with Crippen molar-refractivity contribution >= 4 is 39.8 Å². The Hall–Kier alpha value is -2.38. The second-order valence-corrected chi connectivity index (χ2v) is 7.90. The fourth-order valence-electron chi connectivity index (χ4n) is 2.32. The highest BCUT2D eigenvalue weighted by molar-refractivity contribution is 8.00. The summed E-state index contributed by atoms with van der Waals surface area (Å²) in [6.45, 7) is 4.02. The number of anilines is 2. The average Bonchev–Trinajstić information content (AvgIpc) is 3.01. The average molecular weight is 371 g/mol. The SMILES string of the molecule is Cc1ccc(NC(=O)c2ccc(CSc3nnc(N)s3)cc2)c(C)c1. The smallest absolute Gasteiger partial charge is 0.255 e. The fraction of sp³-hybridized carbons (Fsp3) is 0.167. The Kier molecular flexibility index (Phi) is 5.35. The number of thioether (sulfide) groups is 1. The summed E-state index contributed by atoms with van der Waals surface area (Å²) in [5, 5.41) is 11.2. The van der Waals surface area contributed by atoms with Crippen molar-refractivity contribution in [2.45, 2.75) is 23.9 Å². The molecule has 1 heterocycles. The van der Waals surface area contributed by atoms with E-state index in [1.54, 1.807) is 11.8 Å². The van der Waals surface area contributed by atoms with E-state index in [1.807, 2.05) is 50.2 Å². The summed E-state index contributed by atoms with van der Waals surface area (Å²) in [6.07, 6.45) is 0. The molecule has 0 aliphatic rings. The monoisotopic (exact) mass is 370 g/mol. The van der Waals surface area contributed by atoms with Gasteiger partial charge in [-0.2, -0.15) is 0 Å². The Morgan fingerprint density at radius 2 is 1.92 bits per heavy atom. The normalized spacial score (nSPS) is 10.6. The molecule has 25 heavy (non-hydrogen) atoms. The van der Waals surface area contributed by atoms with Crippen LogP contribution in [0.2, 0.25) is 0 Å². The van der Waals surface area contributed by atoms with Crippen LogP contribution in [0.25, 0.3) is 0 Å². The minimum Gasteiger partial charge on any atom is -0.374 e. The highest BCUT2D eigenvalue weighted by atomic mass is 32.2. The molecule has 0 atom stereocenters. The van der Waals surface area contributed by atoms with Gasteiger partial charge in [0, 0.05) is 17.0 Å². The standard InChI is InChI=1S/C18H18N4OS2/c1-11-3-8-15(12(2)9-11)20-16(23)14-6-4-13(5-7-14)10-24-18-22-21-17(19)25-18/h3-9H,10H2,1-2H3,(H2,19,21)(H,20,23). The van der Waals surface area contributed by atoms with Crippen LogP contribution in [0.15, 0.2) is 46.8 Å². The van der Waals surface area contributed by atoms with Gasteiger partial charge >= 0.3 is 0 Å². The van der Waals surface area contributed by atoms with Gasteiger partial charge in [0.05, 0.1) is 0 Å². The Labute approximate surface area is 154 Å². The molecule has 3 aromatic rings. The lowest BCUT2D eigenvalue weighted by Gasteiger charge is -2.09. The maximum atomic E-state index is 12.4. The third kappa shape index (κ3) is 4.58. The molecule has 1 amide bonds. The Morgan fingerprint density at radius 1 is 1.16 bits per heavy atom. The van der Waals surface area contributed by atoms with Gasteiger partial charge in [-0.15, -0.1) is 10.2 Å². The van der Waals surface area contributed by atoms with Crippen molar-refractivity contribution in [2.24, 2.45) is 0 Å². The summed E-state index contributed by atoms with van der Waals surface area (Å²) >= 11 is 2.95. The second-order valence-electron chi connectivity index (χ2n) is 5.66. The molecular weight excluding hydrogens is 352 g/mol. The highest BCUT2D eigenvalue weighted by Crippen LogP contribution is 2.27. The molecule has 3 N–H and O–H groups in total. The lowest BCUT2D eigenvalue weighted by molar-refractivity contribution is 0.102. The van der Waals surface area contributed by atoms with Crippen LogP contribution in [-0.2, 0) is 5.75 Å². The number of aryl methyl sites for hydroxylation is 2. The molecule has 0 unspecified atom stereocenters. The van der Waals surface area contributed by atoms with Crippen molar-refractivity contribution in [1.82, 2.24) is 10.2 Å². The van der Waals surface area contributed by atoms with E-state index in [2.05, 4.69) is 21.6 Å². The number of hydrogen-bond donors (Lipinski definition) is 2. The summed E-state index contributed by atoms with van der Waals surface area (Å²) in [5.41, 5.74) is 10.4. The van der Waals surface area contributed by atoms with E-state index in [-0.39, 0.29) is 5.91 Å². The summed E-state index contributed by atoms with van der Waals surface area (Å²) in [5.74, 6) is 0.649. The lowest BCUT2D eigenvalue weighted by atomic mass is 10.1. The van der Waals surface area contributed by atoms with Gasteiger partial charge in [-0.3, -0.25) is 4.79 Å². The van der Waals surface area contributed by atoms with Crippen LogP contribution in [0.1, 0.15) is 27.0 Å². The van der Waals surface area contributed by atoms with Crippen LogP contribution >= 0.6 is 23.1 Å². The predicted molar refractivity (Wildman–Crippen MR) is 104 cm³/mol. The van der Waals surface area contributed by atoms with Crippen LogP contribution in [-0.4, -0.2) is 16.1 Å². The van der Waals surface area contributed by atoms with Gasteiger partial charge < -0.3 is 11.1 Å². The predicted octanol–water partition coefficient (Wildman–Crippen LogP) is 4.28. The molecular formula is C18H18N4OS2. The second kappa shape index (κ2) is 7.67. The molecule has 0 fully saturated rings. The number of aromatic nitrogens is 2. The zero-order chi connectivity index (χ0) is 17.8. The Morgan fingerprint density at radius 3 is 2.56 bits per heavy atom. The quantitative estimate of drug-likeness (QED) is 0.655. The Balaban J connectivity index is 1.62. The van der Waals surface area contributed by atoms with Gasteiger partial charge in [0.15, 0.2) is 4.34 Å². The van der Waals surface area contributed by atoms with Crippen LogP contribution in [0.4, 0.5) is 10.8 Å². The molecule has 0 radical (unpaired) electrons. The first kappa shape index (κ1) is 17.4. The number of hydrogen-bond acceptors (Lipinski definition) is 6. The molecule has 3 rings (SSSR count). The summed E-state index contributed by atoms with van der Waals surface area (Å²) in [7, 11) is 0. The molecule has 1 aromatic heterocycles. The summed E-state index contributed by atoms with van der Waals surface area (Å²) in [4.78, 5) is 12.4. The van der Waals surface area contributed by atoms with Crippen molar-refractivity contribution in [3.05, 3.63) is 64.7 Å². The van der Waals surface area contributed by atoms with Gasteiger partial charge in [-0.25, -0.2) is 0 Å². The molecule has 5 nitrogen and oxygen atoms in total. The van der Waals surface area contributed by atoms with Crippen LogP contribution < -0.4 is 11.1 Å². The zero-order valence-electron chi connectivity index (χ0n) is 13.9.